The van der Waals surface area contributed by atoms with Gasteiger partial charge in [0.2, 0.25) is 0 Å². The standard InChI is InChI=1S/C16H16ClNO2/c17-14-7-12-5-6-19-16(12)13(8-14)10-20-15-3-1-11(9-18)2-4-15/h1-4,7-8H,5-6,9-10,18H2. The van der Waals surface area contributed by atoms with E-state index in [0.29, 0.717) is 19.8 Å². The fourth-order valence-corrected chi connectivity index (χ4v) is 2.60. The number of halogens is 1. The Labute approximate surface area is 123 Å². The van der Waals surface area contributed by atoms with Gasteiger partial charge in [-0.25, -0.2) is 0 Å². The predicted molar refractivity (Wildman–Crippen MR) is 79.3 cm³/mol. The summed E-state index contributed by atoms with van der Waals surface area (Å²) >= 11 is 6.12. The Bertz CT molecular complexity index is 611. The van der Waals surface area contributed by atoms with Crippen molar-refractivity contribution in [2.24, 2.45) is 5.73 Å². The van der Waals surface area contributed by atoms with Crippen LogP contribution in [0.1, 0.15) is 16.7 Å². The molecule has 20 heavy (non-hydrogen) atoms. The lowest BCUT2D eigenvalue weighted by atomic mass is 10.1. The van der Waals surface area contributed by atoms with Gasteiger partial charge in [0.05, 0.1) is 6.61 Å². The second kappa shape index (κ2) is 5.73. The van der Waals surface area contributed by atoms with Crippen molar-refractivity contribution in [1.29, 1.82) is 0 Å². The van der Waals surface area contributed by atoms with E-state index in [2.05, 4.69) is 0 Å². The van der Waals surface area contributed by atoms with Gasteiger partial charge < -0.3 is 15.2 Å². The summed E-state index contributed by atoms with van der Waals surface area (Å²) in [5, 5.41) is 0.728. The van der Waals surface area contributed by atoms with Gasteiger partial charge in [-0.1, -0.05) is 23.7 Å². The summed E-state index contributed by atoms with van der Waals surface area (Å²) in [6.07, 6.45) is 0.911. The zero-order valence-electron chi connectivity index (χ0n) is 11.1. The summed E-state index contributed by atoms with van der Waals surface area (Å²) in [4.78, 5) is 0. The molecule has 0 unspecified atom stereocenters. The molecule has 0 aliphatic carbocycles. The van der Waals surface area contributed by atoms with Gasteiger partial charge in [-0.2, -0.15) is 0 Å². The van der Waals surface area contributed by atoms with Gasteiger partial charge in [0.1, 0.15) is 18.1 Å². The third-order valence-electron chi connectivity index (χ3n) is 3.38. The molecular formula is C16H16ClNO2. The first-order chi connectivity index (χ1) is 9.76. The van der Waals surface area contributed by atoms with Crippen LogP contribution in [0.2, 0.25) is 5.02 Å². The molecular weight excluding hydrogens is 274 g/mol. The molecule has 3 nitrogen and oxygen atoms in total. The molecule has 2 N–H and O–H groups in total. The summed E-state index contributed by atoms with van der Waals surface area (Å²) in [6, 6.07) is 11.6. The van der Waals surface area contributed by atoms with E-state index in [1.165, 1.54) is 0 Å². The molecule has 0 saturated carbocycles. The van der Waals surface area contributed by atoms with E-state index in [9.17, 15) is 0 Å². The number of nitrogens with two attached hydrogens (primary N) is 1. The first-order valence-electron chi connectivity index (χ1n) is 6.62. The first kappa shape index (κ1) is 13.3. The van der Waals surface area contributed by atoms with Gasteiger partial charge in [0.15, 0.2) is 0 Å². The minimum Gasteiger partial charge on any atom is -0.493 e. The van der Waals surface area contributed by atoms with E-state index in [4.69, 9.17) is 26.8 Å². The van der Waals surface area contributed by atoms with Crippen LogP contribution in [0, 0.1) is 0 Å². The first-order valence-corrected chi connectivity index (χ1v) is 7.00. The molecule has 4 heteroatoms. The fourth-order valence-electron chi connectivity index (χ4n) is 2.34. The highest BCUT2D eigenvalue weighted by Gasteiger charge is 2.17. The van der Waals surface area contributed by atoms with Gasteiger partial charge in [-0.3, -0.25) is 0 Å². The minimum atomic E-state index is 0.449. The van der Waals surface area contributed by atoms with Crippen LogP contribution in [-0.4, -0.2) is 6.61 Å². The molecule has 1 heterocycles. The van der Waals surface area contributed by atoms with Gasteiger partial charge in [-0.05, 0) is 35.4 Å². The summed E-state index contributed by atoms with van der Waals surface area (Å²) in [5.41, 5.74) is 8.81. The maximum atomic E-state index is 6.12. The van der Waals surface area contributed by atoms with Gasteiger partial charge in [-0.15, -0.1) is 0 Å². The van der Waals surface area contributed by atoms with Crippen molar-refractivity contribution in [3.63, 3.8) is 0 Å². The van der Waals surface area contributed by atoms with Crippen LogP contribution in [0.15, 0.2) is 36.4 Å². The summed E-state index contributed by atoms with van der Waals surface area (Å²) in [7, 11) is 0. The highest BCUT2D eigenvalue weighted by Crippen LogP contribution is 2.33. The smallest absolute Gasteiger partial charge is 0.129 e. The van der Waals surface area contributed by atoms with Crippen molar-refractivity contribution < 1.29 is 9.47 Å². The van der Waals surface area contributed by atoms with Gasteiger partial charge in [0.25, 0.3) is 0 Å². The Kier molecular flexibility index (Phi) is 3.81. The van der Waals surface area contributed by atoms with Crippen LogP contribution in [-0.2, 0) is 19.6 Å². The summed E-state index contributed by atoms with van der Waals surface area (Å²) in [6.45, 7) is 1.70. The second-order valence-corrected chi connectivity index (χ2v) is 5.22. The van der Waals surface area contributed by atoms with E-state index in [1.807, 2.05) is 36.4 Å². The van der Waals surface area contributed by atoms with Crippen LogP contribution < -0.4 is 15.2 Å². The fraction of sp³-hybridized carbons (Fsp3) is 0.250. The van der Waals surface area contributed by atoms with Gasteiger partial charge in [0, 0.05) is 23.6 Å². The monoisotopic (exact) mass is 289 g/mol. The van der Waals surface area contributed by atoms with Crippen molar-refractivity contribution in [3.05, 3.63) is 58.1 Å². The van der Waals surface area contributed by atoms with Crippen molar-refractivity contribution in [2.45, 2.75) is 19.6 Å². The Morgan fingerprint density at radius 3 is 2.75 bits per heavy atom. The highest BCUT2D eigenvalue weighted by atomic mass is 35.5. The van der Waals surface area contributed by atoms with E-state index in [0.717, 1.165) is 39.6 Å². The molecule has 104 valence electrons. The minimum absolute atomic E-state index is 0.449. The molecule has 0 fully saturated rings. The SMILES string of the molecule is NCc1ccc(OCc2cc(Cl)cc3c2OCC3)cc1. The van der Waals surface area contributed by atoms with Crippen LogP contribution in [0.4, 0.5) is 0 Å². The topological polar surface area (TPSA) is 44.5 Å². The average molecular weight is 290 g/mol. The number of benzene rings is 2. The van der Waals surface area contributed by atoms with E-state index in [-0.39, 0.29) is 0 Å². The molecule has 0 atom stereocenters. The normalized spacial score (nSPS) is 12.9. The van der Waals surface area contributed by atoms with Crippen molar-refractivity contribution in [2.75, 3.05) is 6.61 Å². The molecule has 0 aromatic heterocycles. The van der Waals surface area contributed by atoms with Crippen LogP contribution in [0.3, 0.4) is 0 Å². The third-order valence-corrected chi connectivity index (χ3v) is 3.60. The maximum Gasteiger partial charge on any atom is 0.129 e. The zero-order chi connectivity index (χ0) is 13.9. The molecule has 1 aliphatic rings. The van der Waals surface area contributed by atoms with Gasteiger partial charge >= 0.3 is 0 Å². The molecule has 0 amide bonds. The number of fused-ring (bicyclic) bond motifs is 1. The Hall–Kier alpha value is -1.71. The van der Waals surface area contributed by atoms with Crippen molar-refractivity contribution in [1.82, 2.24) is 0 Å². The summed E-state index contributed by atoms with van der Waals surface area (Å²) in [5.74, 6) is 1.74. The highest BCUT2D eigenvalue weighted by molar-refractivity contribution is 6.30. The molecule has 2 aromatic rings. The average Bonchev–Trinajstić information content (AvgIpc) is 2.93. The largest absolute Gasteiger partial charge is 0.493 e. The Balaban J connectivity index is 1.75. The molecule has 0 radical (unpaired) electrons. The van der Waals surface area contributed by atoms with Crippen LogP contribution in [0.25, 0.3) is 0 Å². The second-order valence-electron chi connectivity index (χ2n) is 4.79. The number of ether oxygens (including phenoxy) is 2. The molecule has 0 saturated heterocycles. The van der Waals surface area contributed by atoms with Crippen molar-refractivity contribution >= 4 is 11.6 Å². The lowest BCUT2D eigenvalue weighted by molar-refractivity contribution is 0.292. The Morgan fingerprint density at radius 2 is 2.00 bits per heavy atom. The lowest BCUT2D eigenvalue weighted by Gasteiger charge is -2.11. The molecule has 2 aromatic carbocycles. The number of rotatable bonds is 4. The quantitative estimate of drug-likeness (QED) is 0.939. The molecule has 0 spiro atoms. The molecule has 3 rings (SSSR count). The van der Waals surface area contributed by atoms with E-state index in [1.54, 1.807) is 0 Å². The molecule has 0 bridgehead atoms. The number of hydrogen-bond acceptors (Lipinski definition) is 3. The maximum absolute atomic E-state index is 6.12. The predicted octanol–water partition coefficient (Wildman–Crippen LogP) is 3.31. The molecule has 1 aliphatic heterocycles. The number of hydrogen-bond donors (Lipinski definition) is 1. The summed E-state index contributed by atoms with van der Waals surface area (Å²) < 4.78 is 11.4. The van der Waals surface area contributed by atoms with Crippen LogP contribution in [0.5, 0.6) is 11.5 Å². The van der Waals surface area contributed by atoms with E-state index >= 15 is 0 Å². The lowest BCUT2D eigenvalue weighted by Crippen LogP contribution is -2.00. The van der Waals surface area contributed by atoms with Crippen molar-refractivity contribution in [3.8, 4) is 11.5 Å². The third kappa shape index (κ3) is 2.74. The van der Waals surface area contributed by atoms with Crippen LogP contribution >= 0.6 is 11.6 Å². The zero-order valence-corrected chi connectivity index (χ0v) is 11.8. The Morgan fingerprint density at radius 1 is 1.20 bits per heavy atom. The van der Waals surface area contributed by atoms with E-state index < -0.39 is 0 Å².